The molecular weight excluding hydrogens is 226 g/mol. The Labute approximate surface area is 108 Å². The molecule has 0 radical (unpaired) electrons. The lowest BCUT2D eigenvalue weighted by atomic mass is 10.1. The Hall–Kier alpha value is -1.77. The molecule has 18 heavy (non-hydrogen) atoms. The molecule has 0 spiro atoms. The lowest BCUT2D eigenvalue weighted by Crippen LogP contribution is -2.35. The maximum absolute atomic E-state index is 12.2. The molecule has 0 atom stereocenters. The van der Waals surface area contributed by atoms with E-state index in [1.54, 1.807) is 6.08 Å². The van der Waals surface area contributed by atoms with Crippen LogP contribution in [-0.2, 0) is 0 Å². The first-order valence-electron chi connectivity index (χ1n) is 6.44. The molecule has 1 saturated heterocycles. The summed E-state index contributed by atoms with van der Waals surface area (Å²) in [5.74, 6) is 0.898. The van der Waals surface area contributed by atoms with Gasteiger partial charge in [0, 0.05) is 18.7 Å². The Kier molecular flexibility index (Phi) is 4.40. The Bertz CT molecular complexity index is 405. The lowest BCUT2D eigenvalue weighted by molar-refractivity contribution is 0.0724. The SMILES string of the molecule is C=CCOc1ccc(C(=O)N2CCCCC2)cc1. The fraction of sp³-hybridized carbons (Fsp3) is 0.400. The van der Waals surface area contributed by atoms with Crippen LogP contribution < -0.4 is 4.74 Å². The first-order chi connectivity index (χ1) is 8.81. The number of piperidine rings is 1. The third-order valence-corrected chi connectivity index (χ3v) is 3.11. The standard InChI is InChI=1S/C15H19NO2/c1-2-12-18-14-8-6-13(7-9-14)15(17)16-10-4-3-5-11-16/h2,6-9H,1,3-5,10-12H2. The van der Waals surface area contributed by atoms with E-state index in [1.807, 2.05) is 29.2 Å². The van der Waals surface area contributed by atoms with Gasteiger partial charge < -0.3 is 9.64 Å². The third kappa shape index (κ3) is 3.13. The maximum atomic E-state index is 12.2. The summed E-state index contributed by atoms with van der Waals surface area (Å²) in [4.78, 5) is 14.1. The van der Waals surface area contributed by atoms with Crippen LogP contribution in [0.1, 0.15) is 29.6 Å². The predicted molar refractivity (Wildman–Crippen MR) is 71.9 cm³/mol. The molecule has 1 fully saturated rings. The number of hydrogen-bond donors (Lipinski definition) is 0. The van der Waals surface area contributed by atoms with Crippen molar-refractivity contribution in [2.75, 3.05) is 19.7 Å². The van der Waals surface area contributed by atoms with Gasteiger partial charge in [-0.1, -0.05) is 12.7 Å². The molecule has 0 saturated carbocycles. The van der Waals surface area contributed by atoms with Crippen LogP contribution in [0.2, 0.25) is 0 Å². The van der Waals surface area contributed by atoms with Gasteiger partial charge in [0.05, 0.1) is 0 Å². The second-order valence-electron chi connectivity index (χ2n) is 4.48. The van der Waals surface area contributed by atoms with Crippen molar-refractivity contribution in [2.45, 2.75) is 19.3 Å². The van der Waals surface area contributed by atoms with Crippen LogP contribution in [0.25, 0.3) is 0 Å². The molecule has 2 rings (SSSR count). The summed E-state index contributed by atoms with van der Waals surface area (Å²) >= 11 is 0. The fourth-order valence-corrected chi connectivity index (χ4v) is 2.13. The van der Waals surface area contributed by atoms with E-state index in [1.165, 1.54) is 6.42 Å². The molecule has 1 aliphatic rings. The van der Waals surface area contributed by atoms with E-state index in [-0.39, 0.29) is 5.91 Å². The van der Waals surface area contributed by atoms with Gasteiger partial charge in [0.2, 0.25) is 0 Å². The summed E-state index contributed by atoms with van der Waals surface area (Å²) in [5.41, 5.74) is 0.739. The van der Waals surface area contributed by atoms with Crippen LogP contribution in [0, 0.1) is 0 Å². The minimum atomic E-state index is 0.130. The summed E-state index contributed by atoms with van der Waals surface area (Å²) < 4.78 is 5.39. The van der Waals surface area contributed by atoms with Gasteiger partial charge in [-0.2, -0.15) is 0 Å². The van der Waals surface area contributed by atoms with E-state index in [0.717, 1.165) is 37.2 Å². The molecule has 1 amide bonds. The number of carbonyl (C=O) groups excluding carboxylic acids is 1. The van der Waals surface area contributed by atoms with Gasteiger partial charge in [-0.15, -0.1) is 0 Å². The van der Waals surface area contributed by atoms with Crippen molar-refractivity contribution in [3.8, 4) is 5.75 Å². The Balaban J connectivity index is 1.99. The van der Waals surface area contributed by atoms with Crippen molar-refractivity contribution in [3.05, 3.63) is 42.5 Å². The zero-order chi connectivity index (χ0) is 12.8. The Morgan fingerprint density at radius 1 is 1.22 bits per heavy atom. The molecule has 1 aromatic rings. The maximum Gasteiger partial charge on any atom is 0.253 e. The number of ether oxygens (including phenoxy) is 1. The summed E-state index contributed by atoms with van der Waals surface area (Å²) in [6.07, 6.45) is 5.17. The highest BCUT2D eigenvalue weighted by Crippen LogP contribution is 2.16. The highest BCUT2D eigenvalue weighted by molar-refractivity contribution is 5.94. The monoisotopic (exact) mass is 245 g/mol. The van der Waals surface area contributed by atoms with Crippen molar-refractivity contribution in [1.29, 1.82) is 0 Å². The molecule has 1 heterocycles. The van der Waals surface area contributed by atoms with Crippen molar-refractivity contribution in [3.63, 3.8) is 0 Å². The molecule has 1 aliphatic heterocycles. The van der Waals surface area contributed by atoms with Crippen molar-refractivity contribution < 1.29 is 9.53 Å². The zero-order valence-electron chi connectivity index (χ0n) is 10.6. The molecule has 96 valence electrons. The fourth-order valence-electron chi connectivity index (χ4n) is 2.13. The lowest BCUT2D eigenvalue weighted by Gasteiger charge is -2.26. The van der Waals surface area contributed by atoms with Gasteiger partial charge in [-0.3, -0.25) is 4.79 Å². The Morgan fingerprint density at radius 2 is 1.89 bits per heavy atom. The quantitative estimate of drug-likeness (QED) is 0.763. The van der Waals surface area contributed by atoms with Crippen molar-refractivity contribution in [2.24, 2.45) is 0 Å². The molecular formula is C15H19NO2. The number of benzene rings is 1. The number of rotatable bonds is 4. The number of carbonyl (C=O) groups is 1. The Morgan fingerprint density at radius 3 is 2.50 bits per heavy atom. The molecule has 0 unspecified atom stereocenters. The number of nitrogens with zero attached hydrogens (tertiary/aromatic N) is 1. The second kappa shape index (κ2) is 6.24. The molecule has 3 nitrogen and oxygen atoms in total. The van der Waals surface area contributed by atoms with Crippen LogP contribution in [0.3, 0.4) is 0 Å². The summed E-state index contributed by atoms with van der Waals surface area (Å²) in [6.45, 7) is 5.85. The van der Waals surface area contributed by atoms with Crippen LogP contribution in [0.5, 0.6) is 5.75 Å². The molecule has 0 N–H and O–H groups in total. The molecule has 0 aromatic heterocycles. The number of likely N-dealkylation sites (tertiary alicyclic amines) is 1. The van der Waals surface area contributed by atoms with Crippen molar-refractivity contribution in [1.82, 2.24) is 4.90 Å². The average Bonchev–Trinajstić information content (AvgIpc) is 2.46. The van der Waals surface area contributed by atoms with Gasteiger partial charge in [0.15, 0.2) is 0 Å². The van der Waals surface area contributed by atoms with Crippen molar-refractivity contribution >= 4 is 5.91 Å². The molecule has 0 bridgehead atoms. The topological polar surface area (TPSA) is 29.5 Å². The van der Waals surface area contributed by atoms with E-state index in [9.17, 15) is 4.79 Å². The minimum absolute atomic E-state index is 0.130. The van der Waals surface area contributed by atoms with Crippen LogP contribution >= 0.6 is 0 Å². The molecule has 3 heteroatoms. The number of amides is 1. The smallest absolute Gasteiger partial charge is 0.253 e. The van der Waals surface area contributed by atoms with E-state index in [4.69, 9.17) is 4.74 Å². The van der Waals surface area contributed by atoms with Gasteiger partial charge in [-0.25, -0.2) is 0 Å². The van der Waals surface area contributed by atoms with Crippen LogP contribution in [0.4, 0.5) is 0 Å². The van der Waals surface area contributed by atoms with Gasteiger partial charge in [0.25, 0.3) is 5.91 Å². The zero-order valence-corrected chi connectivity index (χ0v) is 10.6. The summed E-state index contributed by atoms with van der Waals surface area (Å²) in [5, 5.41) is 0. The second-order valence-corrected chi connectivity index (χ2v) is 4.48. The summed E-state index contributed by atoms with van der Waals surface area (Å²) in [7, 11) is 0. The first kappa shape index (κ1) is 12.7. The predicted octanol–water partition coefficient (Wildman–Crippen LogP) is 2.88. The van der Waals surface area contributed by atoms with E-state index in [0.29, 0.717) is 6.61 Å². The molecule has 1 aromatic carbocycles. The minimum Gasteiger partial charge on any atom is -0.490 e. The van der Waals surface area contributed by atoms with Gasteiger partial charge >= 0.3 is 0 Å². The van der Waals surface area contributed by atoms with E-state index in [2.05, 4.69) is 6.58 Å². The largest absolute Gasteiger partial charge is 0.490 e. The normalized spacial score (nSPS) is 15.2. The highest BCUT2D eigenvalue weighted by atomic mass is 16.5. The van der Waals surface area contributed by atoms with E-state index < -0.39 is 0 Å². The van der Waals surface area contributed by atoms with Gasteiger partial charge in [0.1, 0.15) is 12.4 Å². The number of hydrogen-bond acceptors (Lipinski definition) is 2. The van der Waals surface area contributed by atoms with Crippen LogP contribution in [-0.4, -0.2) is 30.5 Å². The van der Waals surface area contributed by atoms with E-state index >= 15 is 0 Å². The average molecular weight is 245 g/mol. The first-order valence-corrected chi connectivity index (χ1v) is 6.44. The van der Waals surface area contributed by atoms with Gasteiger partial charge in [-0.05, 0) is 43.5 Å². The molecule has 0 aliphatic carbocycles. The summed E-state index contributed by atoms with van der Waals surface area (Å²) in [6, 6.07) is 7.33. The highest BCUT2D eigenvalue weighted by Gasteiger charge is 2.17. The van der Waals surface area contributed by atoms with Crippen LogP contribution in [0.15, 0.2) is 36.9 Å². The third-order valence-electron chi connectivity index (χ3n) is 3.11.